The highest BCUT2D eigenvalue weighted by Gasteiger charge is 2.07. The van der Waals surface area contributed by atoms with Gasteiger partial charge in [0.2, 0.25) is 0 Å². The summed E-state index contributed by atoms with van der Waals surface area (Å²) in [5.41, 5.74) is 1.53. The summed E-state index contributed by atoms with van der Waals surface area (Å²) >= 11 is 0. The highest BCUT2D eigenvalue weighted by molar-refractivity contribution is 5.38. The van der Waals surface area contributed by atoms with Crippen LogP contribution in [0.25, 0.3) is 0 Å². The molecule has 4 heteroatoms. The Morgan fingerprint density at radius 1 is 1.00 bits per heavy atom. The normalized spacial score (nSPS) is 12.3. The molecule has 4 N–H and O–H groups in total. The van der Waals surface area contributed by atoms with Crippen molar-refractivity contribution in [2.75, 3.05) is 6.54 Å². The van der Waals surface area contributed by atoms with Gasteiger partial charge in [-0.15, -0.1) is 0 Å². The molecule has 2 aromatic carbocycles. The van der Waals surface area contributed by atoms with Crippen LogP contribution in [0.5, 0.6) is 11.5 Å². The number of aromatic hydroxyl groups is 2. The standard InChI is InChI=1S/C15H17NO3/c17-13-7-6-12(14(18)8-13)9-16-10-15(19)11-4-2-1-3-5-11/h1-8,15-19H,9-10H2. The minimum absolute atomic E-state index is 0.0329. The first-order chi connectivity index (χ1) is 9.16. The number of hydrogen-bond donors (Lipinski definition) is 4. The van der Waals surface area contributed by atoms with E-state index in [1.807, 2.05) is 30.3 Å². The Kier molecular flexibility index (Phi) is 4.39. The average molecular weight is 259 g/mol. The lowest BCUT2D eigenvalue weighted by atomic mass is 10.1. The third-order valence-corrected chi connectivity index (χ3v) is 2.91. The molecule has 0 heterocycles. The Labute approximate surface area is 112 Å². The first-order valence-corrected chi connectivity index (χ1v) is 6.11. The molecule has 0 aromatic heterocycles. The monoisotopic (exact) mass is 259 g/mol. The zero-order valence-corrected chi connectivity index (χ0v) is 10.5. The molecule has 4 nitrogen and oxygen atoms in total. The second-order valence-electron chi connectivity index (χ2n) is 4.37. The quantitative estimate of drug-likeness (QED) is 0.662. The predicted octanol–water partition coefficient (Wildman–Crippen LogP) is 1.92. The molecule has 0 amide bonds. The SMILES string of the molecule is Oc1ccc(CNCC(O)c2ccccc2)c(O)c1. The maximum absolute atomic E-state index is 9.95. The summed E-state index contributed by atoms with van der Waals surface area (Å²) in [6.45, 7) is 0.820. The summed E-state index contributed by atoms with van der Waals surface area (Å²) in [5.74, 6) is 0.0762. The van der Waals surface area contributed by atoms with Crippen molar-refractivity contribution >= 4 is 0 Å². The number of phenols is 2. The summed E-state index contributed by atoms with van der Waals surface area (Å²) in [5, 5.41) is 31.8. The van der Waals surface area contributed by atoms with Crippen molar-refractivity contribution in [3.63, 3.8) is 0 Å². The summed E-state index contributed by atoms with van der Waals surface area (Å²) < 4.78 is 0. The van der Waals surface area contributed by atoms with Crippen LogP contribution in [0.15, 0.2) is 48.5 Å². The van der Waals surface area contributed by atoms with Gasteiger partial charge in [0.1, 0.15) is 11.5 Å². The molecular formula is C15H17NO3. The van der Waals surface area contributed by atoms with Crippen molar-refractivity contribution in [2.24, 2.45) is 0 Å². The molecule has 0 radical (unpaired) electrons. The molecule has 2 aromatic rings. The van der Waals surface area contributed by atoms with Crippen molar-refractivity contribution in [1.29, 1.82) is 0 Å². The lowest BCUT2D eigenvalue weighted by molar-refractivity contribution is 0.174. The van der Waals surface area contributed by atoms with Crippen LogP contribution in [0.2, 0.25) is 0 Å². The molecule has 0 spiro atoms. The summed E-state index contributed by atoms with van der Waals surface area (Å²) in [6.07, 6.45) is -0.583. The number of nitrogens with one attached hydrogen (secondary N) is 1. The number of phenolic OH excluding ortho intramolecular Hbond substituents is 2. The predicted molar refractivity (Wildman–Crippen MR) is 72.9 cm³/mol. The number of aliphatic hydroxyl groups is 1. The van der Waals surface area contributed by atoms with E-state index in [9.17, 15) is 15.3 Å². The third kappa shape index (κ3) is 3.71. The van der Waals surface area contributed by atoms with E-state index < -0.39 is 6.10 Å². The van der Waals surface area contributed by atoms with Gasteiger partial charge in [-0.25, -0.2) is 0 Å². The molecule has 100 valence electrons. The smallest absolute Gasteiger partial charge is 0.123 e. The highest BCUT2D eigenvalue weighted by atomic mass is 16.3. The van der Waals surface area contributed by atoms with Crippen molar-refractivity contribution < 1.29 is 15.3 Å². The van der Waals surface area contributed by atoms with Gasteiger partial charge in [0.25, 0.3) is 0 Å². The van der Waals surface area contributed by atoms with Gasteiger partial charge >= 0.3 is 0 Å². The summed E-state index contributed by atoms with van der Waals surface area (Å²) in [7, 11) is 0. The fourth-order valence-corrected chi connectivity index (χ4v) is 1.84. The van der Waals surface area contributed by atoms with E-state index in [0.29, 0.717) is 18.7 Å². The number of benzene rings is 2. The van der Waals surface area contributed by atoms with E-state index in [-0.39, 0.29) is 11.5 Å². The second-order valence-corrected chi connectivity index (χ2v) is 4.37. The molecule has 0 fully saturated rings. The first-order valence-electron chi connectivity index (χ1n) is 6.11. The average Bonchev–Trinajstić information content (AvgIpc) is 2.42. The summed E-state index contributed by atoms with van der Waals surface area (Å²) in [6, 6.07) is 13.9. The van der Waals surface area contributed by atoms with Crippen LogP contribution in [0.4, 0.5) is 0 Å². The van der Waals surface area contributed by atoms with Gasteiger partial charge in [0.05, 0.1) is 6.10 Å². The van der Waals surface area contributed by atoms with E-state index in [1.165, 1.54) is 12.1 Å². The Balaban J connectivity index is 1.86. The fraction of sp³-hybridized carbons (Fsp3) is 0.200. The molecule has 19 heavy (non-hydrogen) atoms. The Morgan fingerprint density at radius 2 is 1.74 bits per heavy atom. The largest absolute Gasteiger partial charge is 0.508 e. The van der Waals surface area contributed by atoms with Gasteiger partial charge in [0.15, 0.2) is 0 Å². The Hall–Kier alpha value is -2.04. The van der Waals surface area contributed by atoms with Gasteiger partial charge < -0.3 is 20.6 Å². The van der Waals surface area contributed by atoms with E-state index in [1.54, 1.807) is 6.07 Å². The van der Waals surface area contributed by atoms with Gasteiger partial charge in [-0.1, -0.05) is 36.4 Å². The molecule has 1 unspecified atom stereocenters. The zero-order chi connectivity index (χ0) is 13.7. The molecule has 0 aliphatic rings. The third-order valence-electron chi connectivity index (χ3n) is 2.91. The first kappa shape index (κ1) is 13.4. The molecule has 2 rings (SSSR count). The van der Waals surface area contributed by atoms with Crippen molar-refractivity contribution in [3.8, 4) is 11.5 Å². The van der Waals surface area contributed by atoms with Gasteiger partial charge in [-0.2, -0.15) is 0 Å². The zero-order valence-electron chi connectivity index (χ0n) is 10.5. The number of rotatable bonds is 5. The molecular weight excluding hydrogens is 242 g/mol. The van der Waals surface area contributed by atoms with E-state index in [4.69, 9.17) is 0 Å². The molecule has 1 atom stereocenters. The van der Waals surface area contributed by atoms with Gasteiger partial charge in [-0.3, -0.25) is 0 Å². The lowest BCUT2D eigenvalue weighted by Crippen LogP contribution is -2.21. The Bertz CT molecular complexity index is 528. The fourth-order valence-electron chi connectivity index (χ4n) is 1.84. The maximum Gasteiger partial charge on any atom is 0.123 e. The second kappa shape index (κ2) is 6.22. The van der Waals surface area contributed by atoms with Crippen LogP contribution in [0, 0.1) is 0 Å². The van der Waals surface area contributed by atoms with Crippen LogP contribution in [0.1, 0.15) is 17.2 Å². The Morgan fingerprint density at radius 3 is 2.42 bits per heavy atom. The van der Waals surface area contributed by atoms with Crippen LogP contribution in [-0.4, -0.2) is 21.9 Å². The molecule has 0 saturated carbocycles. The number of aliphatic hydroxyl groups excluding tert-OH is 1. The molecule has 0 saturated heterocycles. The minimum atomic E-state index is -0.583. The van der Waals surface area contributed by atoms with Crippen LogP contribution < -0.4 is 5.32 Å². The van der Waals surface area contributed by atoms with Crippen LogP contribution in [-0.2, 0) is 6.54 Å². The lowest BCUT2D eigenvalue weighted by Gasteiger charge is -2.12. The number of hydrogen-bond acceptors (Lipinski definition) is 4. The van der Waals surface area contributed by atoms with Crippen molar-refractivity contribution in [1.82, 2.24) is 5.32 Å². The van der Waals surface area contributed by atoms with Crippen LogP contribution >= 0.6 is 0 Å². The van der Waals surface area contributed by atoms with Gasteiger partial charge in [0, 0.05) is 24.7 Å². The van der Waals surface area contributed by atoms with Crippen LogP contribution in [0.3, 0.4) is 0 Å². The molecule has 0 aliphatic carbocycles. The van der Waals surface area contributed by atoms with E-state index in [2.05, 4.69) is 5.32 Å². The topological polar surface area (TPSA) is 72.7 Å². The minimum Gasteiger partial charge on any atom is -0.508 e. The highest BCUT2D eigenvalue weighted by Crippen LogP contribution is 2.22. The van der Waals surface area contributed by atoms with E-state index >= 15 is 0 Å². The van der Waals surface area contributed by atoms with E-state index in [0.717, 1.165) is 5.56 Å². The van der Waals surface area contributed by atoms with Crippen molar-refractivity contribution in [2.45, 2.75) is 12.6 Å². The van der Waals surface area contributed by atoms with Gasteiger partial charge in [-0.05, 0) is 11.6 Å². The molecule has 0 aliphatic heterocycles. The maximum atomic E-state index is 9.95. The van der Waals surface area contributed by atoms with Crippen molar-refractivity contribution in [3.05, 3.63) is 59.7 Å². The molecule has 0 bridgehead atoms. The summed E-state index contributed by atoms with van der Waals surface area (Å²) in [4.78, 5) is 0.